The molecule has 0 bridgehead atoms. The molecular weight excluding hydrogens is 342 g/mol. The van der Waals surface area contributed by atoms with Gasteiger partial charge >= 0.3 is 11.9 Å². The Bertz CT molecular complexity index is 734. The number of esters is 1. The van der Waals surface area contributed by atoms with Crippen LogP contribution in [0.15, 0.2) is 27.1 Å². The number of hydrogen-bond donors (Lipinski definition) is 1. The summed E-state index contributed by atoms with van der Waals surface area (Å²) in [5, 5.41) is 2.90. The monoisotopic (exact) mass is 353 g/mol. The van der Waals surface area contributed by atoms with Gasteiger partial charge in [-0.15, -0.1) is 0 Å². The van der Waals surface area contributed by atoms with Gasteiger partial charge in [-0.1, -0.05) is 15.9 Å². The maximum absolute atomic E-state index is 11.8. The number of Topliss-reactive ketones (excluding diaryl/α,β-unsaturated/α-hetero) is 1. The zero-order valence-corrected chi connectivity index (χ0v) is 12.9. The molecule has 110 valence electrons. The van der Waals surface area contributed by atoms with Crippen LogP contribution in [0.4, 0.5) is 5.69 Å². The summed E-state index contributed by atoms with van der Waals surface area (Å²) in [6, 6.07) is 5.09. The Kier molecular flexibility index (Phi) is 4.42. The molecule has 0 unspecified atom stereocenters. The maximum atomic E-state index is 11.8. The second-order valence-electron chi connectivity index (χ2n) is 4.18. The highest BCUT2D eigenvalue weighted by Gasteiger charge is 2.23. The fourth-order valence-corrected chi connectivity index (χ4v) is 2.16. The standard InChI is InChI=1S/C14H12BrNO5/c1-3-20-14(19)13(18)16-11-9-6-8(15)4-5-10(9)21-12(11)7(2)17/h4-6H,3H2,1-2H3,(H,16,18). The summed E-state index contributed by atoms with van der Waals surface area (Å²) in [6.07, 6.45) is 0. The van der Waals surface area contributed by atoms with Crippen molar-refractivity contribution in [3.8, 4) is 0 Å². The molecule has 0 saturated heterocycles. The number of hydrogen-bond acceptors (Lipinski definition) is 5. The van der Waals surface area contributed by atoms with Crippen LogP contribution >= 0.6 is 15.9 Å². The molecule has 2 rings (SSSR count). The van der Waals surface area contributed by atoms with Crippen molar-refractivity contribution < 1.29 is 23.5 Å². The van der Waals surface area contributed by atoms with Crippen LogP contribution in [-0.4, -0.2) is 24.3 Å². The number of ketones is 1. The van der Waals surface area contributed by atoms with E-state index in [9.17, 15) is 14.4 Å². The van der Waals surface area contributed by atoms with Gasteiger partial charge in [0.15, 0.2) is 11.5 Å². The Balaban J connectivity index is 2.47. The number of benzene rings is 1. The van der Waals surface area contributed by atoms with E-state index in [4.69, 9.17) is 4.42 Å². The molecular formula is C14H12BrNO5. The molecule has 1 aromatic heterocycles. The van der Waals surface area contributed by atoms with E-state index >= 15 is 0 Å². The van der Waals surface area contributed by atoms with Gasteiger partial charge in [-0.05, 0) is 25.1 Å². The molecule has 0 aliphatic heterocycles. The molecule has 1 aromatic carbocycles. The van der Waals surface area contributed by atoms with Gasteiger partial charge in [-0.25, -0.2) is 4.79 Å². The summed E-state index contributed by atoms with van der Waals surface area (Å²) in [4.78, 5) is 34.8. The van der Waals surface area contributed by atoms with Crippen LogP contribution in [0.1, 0.15) is 24.4 Å². The zero-order chi connectivity index (χ0) is 15.6. The van der Waals surface area contributed by atoms with Crippen LogP contribution in [0.25, 0.3) is 11.0 Å². The largest absolute Gasteiger partial charge is 0.459 e. The minimum absolute atomic E-state index is 0.0132. The predicted molar refractivity (Wildman–Crippen MR) is 79.2 cm³/mol. The van der Waals surface area contributed by atoms with Gasteiger partial charge in [0.25, 0.3) is 0 Å². The van der Waals surface area contributed by atoms with E-state index in [1.54, 1.807) is 25.1 Å². The smallest absolute Gasteiger partial charge is 0.397 e. The number of fused-ring (bicyclic) bond motifs is 1. The molecule has 21 heavy (non-hydrogen) atoms. The zero-order valence-electron chi connectivity index (χ0n) is 11.4. The molecule has 0 spiro atoms. The predicted octanol–water partition coefficient (Wildman–Crippen LogP) is 2.90. The molecule has 1 N–H and O–H groups in total. The van der Waals surface area contributed by atoms with E-state index < -0.39 is 11.9 Å². The van der Waals surface area contributed by atoms with Crippen molar-refractivity contribution >= 4 is 50.2 Å². The van der Waals surface area contributed by atoms with Crippen molar-refractivity contribution in [3.05, 3.63) is 28.4 Å². The Morgan fingerprint density at radius 1 is 1.33 bits per heavy atom. The first kappa shape index (κ1) is 15.2. The normalized spacial score (nSPS) is 10.4. The molecule has 7 heteroatoms. The molecule has 0 saturated carbocycles. The number of halogens is 1. The molecule has 2 aromatic rings. The van der Waals surface area contributed by atoms with E-state index in [1.165, 1.54) is 6.92 Å². The Labute approximate surface area is 128 Å². The second-order valence-corrected chi connectivity index (χ2v) is 5.09. The molecule has 0 atom stereocenters. The van der Waals surface area contributed by atoms with Gasteiger partial charge in [-0.2, -0.15) is 0 Å². The van der Waals surface area contributed by atoms with E-state index in [2.05, 4.69) is 26.0 Å². The van der Waals surface area contributed by atoms with Crippen LogP contribution in [0.3, 0.4) is 0 Å². The fraction of sp³-hybridized carbons (Fsp3) is 0.214. The fourth-order valence-electron chi connectivity index (χ4n) is 1.80. The quantitative estimate of drug-likeness (QED) is 0.520. The lowest BCUT2D eigenvalue weighted by atomic mass is 10.2. The summed E-state index contributed by atoms with van der Waals surface area (Å²) in [7, 11) is 0. The van der Waals surface area contributed by atoms with E-state index in [0.717, 1.165) is 4.47 Å². The van der Waals surface area contributed by atoms with Gasteiger partial charge in [-0.3, -0.25) is 9.59 Å². The average Bonchev–Trinajstić information content (AvgIpc) is 2.77. The summed E-state index contributed by atoms with van der Waals surface area (Å²) in [5.41, 5.74) is 0.597. The van der Waals surface area contributed by atoms with Crippen molar-refractivity contribution in [2.24, 2.45) is 0 Å². The number of furan rings is 1. The van der Waals surface area contributed by atoms with Crippen LogP contribution in [0, 0.1) is 0 Å². The van der Waals surface area contributed by atoms with Crippen molar-refractivity contribution in [1.82, 2.24) is 0 Å². The third-order valence-electron chi connectivity index (χ3n) is 2.67. The molecule has 1 amide bonds. The number of ether oxygens (including phenoxy) is 1. The lowest BCUT2D eigenvalue weighted by molar-refractivity contribution is -0.152. The molecule has 6 nitrogen and oxygen atoms in total. The van der Waals surface area contributed by atoms with Crippen LogP contribution < -0.4 is 5.32 Å². The summed E-state index contributed by atoms with van der Waals surface area (Å²) >= 11 is 3.30. The number of anilines is 1. The Hall–Kier alpha value is -2.15. The molecule has 0 fully saturated rings. The number of carbonyl (C=O) groups excluding carboxylic acids is 3. The van der Waals surface area contributed by atoms with Crippen LogP contribution in [0.2, 0.25) is 0 Å². The van der Waals surface area contributed by atoms with Crippen molar-refractivity contribution in [2.45, 2.75) is 13.8 Å². The lowest BCUT2D eigenvalue weighted by Crippen LogP contribution is -2.25. The topological polar surface area (TPSA) is 85.6 Å². The average molecular weight is 354 g/mol. The van der Waals surface area contributed by atoms with E-state index in [1.807, 2.05) is 0 Å². The summed E-state index contributed by atoms with van der Waals surface area (Å²) < 4.78 is 10.8. The third-order valence-corrected chi connectivity index (χ3v) is 3.16. The number of nitrogens with one attached hydrogen (secondary N) is 1. The highest BCUT2D eigenvalue weighted by molar-refractivity contribution is 9.10. The first-order chi connectivity index (χ1) is 9.93. The molecule has 1 heterocycles. The Morgan fingerprint density at radius 2 is 2.05 bits per heavy atom. The van der Waals surface area contributed by atoms with Gasteiger partial charge in [0.05, 0.1) is 12.3 Å². The van der Waals surface area contributed by atoms with Crippen LogP contribution in [-0.2, 0) is 14.3 Å². The SMILES string of the molecule is CCOC(=O)C(=O)Nc1c(C(C)=O)oc2ccc(Br)cc12. The number of amides is 1. The molecule has 0 aliphatic rings. The van der Waals surface area contributed by atoms with Crippen molar-refractivity contribution in [1.29, 1.82) is 0 Å². The van der Waals surface area contributed by atoms with Crippen LogP contribution in [0.5, 0.6) is 0 Å². The van der Waals surface area contributed by atoms with Crippen molar-refractivity contribution in [2.75, 3.05) is 11.9 Å². The molecule has 0 aliphatic carbocycles. The lowest BCUT2D eigenvalue weighted by Gasteiger charge is -2.04. The number of carbonyl (C=O) groups is 3. The van der Waals surface area contributed by atoms with Gasteiger partial charge < -0.3 is 14.5 Å². The first-order valence-electron chi connectivity index (χ1n) is 6.15. The van der Waals surface area contributed by atoms with Gasteiger partial charge in [0, 0.05) is 16.8 Å². The first-order valence-corrected chi connectivity index (χ1v) is 6.94. The second kappa shape index (κ2) is 6.09. The maximum Gasteiger partial charge on any atom is 0.397 e. The Morgan fingerprint density at radius 3 is 2.67 bits per heavy atom. The highest BCUT2D eigenvalue weighted by atomic mass is 79.9. The summed E-state index contributed by atoms with van der Waals surface area (Å²) in [5.74, 6) is -2.35. The van der Waals surface area contributed by atoms with E-state index in [0.29, 0.717) is 11.0 Å². The highest BCUT2D eigenvalue weighted by Crippen LogP contribution is 2.33. The number of rotatable bonds is 3. The van der Waals surface area contributed by atoms with E-state index in [-0.39, 0.29) is 23.8 Å². The minimum atomic E-state index is -1.02. The summed E-state index contributed by atoms with van der Waals surface area (Å²) in [6.45, 7) is 2.99. The third kappa shape index (κ3) is 3.13. The molecule has 0 radical (unpaired) electrons. The minimum Gasteiger partial charge on any atom is -0.459 e. The van der Waals surface area contributed by atoms with Gasteiger partial charge in [0.1, 0.15) is 5.58 Å². The van der Waals surface area contributed by atoms with Gasteiger partial charge in [0.2, 0.25) is 0 Å². The van der Waals surface area contributed by atoms with Crippen molar-refractivity contribution in [3.63, 3.8) is 0 Å².